The first-order valence-corrected chi connectivity index (χ1v) is 7.78. The Morgan fingerprint density at radius 1 is 1.00 bits per heavy atom. The van der Waals surface area contributed by atoms with Crippen LogP contribution in [-0.4, -0.2) is 15.9 Å². The molecular weight excluding hydrogens is 286 g/mol. The maximum Gasteiger partial charge on any atom is 0.195 e. The largest absolute Gasteiger partial charge is 0.380 e. The van der Waals surface area contributed by atoms with E-state index < -0.39 is 6.10 Å². The minimum atomic E-state index is -1.18. The highest BCUT2D eigenvalue weighted by atomic mass is 16.3. The summed E-state index contributed by atoms with van der Waals surface area (Å²) in [5.41, 5.74) is 2.83. The van der Waals surface area contributed by atoms with Crippen molar-refractivity contribution in [1.29, 1.82) is 0 Å². The molecule has 0 amide bonds. The van der Waals surface area contributed by atoms with Gasteiger partial charge < -0.3 is 10.1 Å². The summed E-state index contributed by atoms with van der Waals surface area (Å²) < 4.78 is 0. The van der Waals surface area contributed by atoms with Crippen molar-refractivity contribution in [2.75, 3.05) is 0 Å². The molecule has 3 heteroatoms. The molecule has 0 aliphatic heterocycles. The second-order valence-electron chi connectivity index (χ2n) is 6.84. The number of rotatable bonds is 3. The fourth-order valence-electron chi connectivity index (χ4n) is 2.93. The lowest BCUT2D eigenvalue weighted by Crippen LogP contribution is -2.19. The van der Waals surface area contributed by atoms with Crippen molar-refractivity contribution in [3.63, 3.8) is 0 Å². The summed E-state index contributed by atoms with van der Waals surface area (Å²) in [5.74, 6) is -0.277. The standard InChI is InChI=1S/C20H21NO2/c1-20(2,3)19-16(14-11-7-8-12-15(14)21-19)18(23)17(22)13-9-5-4-6-10-13/h4-12,18,21,23H,1-3H3. The van der Waals surface area contributed by atoms with Gasteiger partial charge in [0.1, 0.15) is 6.10 Å². The zero-order chi connectivity index (χ0) is 16.6. The molecule has 0 radical (unpaired) electrons. The Balaban J connectivity index is 2.16. The topological polar surface area (TPSA) is 53.1 Å². The molecule has 1 aromatic heterocycles. The molecule has 0 bridgehead atoms. The number of hydrogen-bond acceptors (Lipinski definition) is 2. The number of H-pyrrole nitrogens is 1. The van der Waals surface area contributed by atoms with Crippen molar-refractivity contribution in [3.8, 4) is 0 Å². The monoisotopic (exact) mass is 307 g/mol. The fraction of sp³-hybridized carbons (Fsp3) is 0.250. The van der Waals surface area contributed by atoms with Gasteiger partial charge in [0.2, 0.25) is 0 Å². The molecule has 0 fully saturated rings. The van der Waals surface area contributed by atoms with Crippen molar-refractivity contribution in [2.24, 2.45) is 0 Å². The van der Waals surface area contributed by atoms with Gasteiger partial charge in [-0.1, -0.05) is 69.3 Å². The zero-order valence-corrected chi connectivity index (χ0v) is 13.6. The molecule has 0 saturated heterocycles. The predicted octanol–water partition coefficient (Wildman–Crippen LogP) is 4.38. The number of ketones is 1. The number of fused-ring (bicyclic) bond motifs is 1. The molecule has 3 nitrogen and oxygen atoms in total. The van der Waals surface area contributed by atoms with Crippen molar-refractivity contribution >= 4 is 16.7 Å². The number of carbonyl (C=O) groups excluding carboxylic acids is 1. The molecule has 23 heavy (non-hydrogen) atoms. The number of aromatic amines is 1. The van der Waals surface area contributed by atoms with Crippen molar-refractivity contribution in [2.45, 2.75) is 32.3 Å². The van der Waals surface area contributed by atoms with Crippen LogP contribution in [0.3, 0.4) is 0 Å². The number of benzene rings is 2. The number of hydrogen-bond donors (Lipinski definition) is 2. The summed E-state index contributed by atoms with van der Waals surface area (Å²) in [6.07, 6.45) is -1.18. The van der Waals surface area contributed by atoms with Gasteiger partial charge in [-0.15, -0.1) is 0 Å². The Morgan fingerprint density at radius 2 is 1.61 bits per heavy atom. The molecule has 1 atom stereocenters. The smallest absolute Gasteiger partial charge is 0.195 e. The van der Waals surface area contributed by atoms with Crippen molar-refractivity contribution in [1.82, 2.24) is 4.98 Å². The summed E-state index contributed by atoms with van der Waals surface area (Å²) >= 11 is 0. The highest BCUT2D eigenvalue weighted by Crippen LogP contribution is 2.36. The molecule has 2 aromatic carbocycles. The highest BCUT2D eigenvalue weighted by molar-refractivity contribution is 6.02. The maximum absolute atomic E-state index is 12.7. The van der Waals surface area contributed by atoms with Crippen LogP contribution in [0.1, 0.15) is 48.5 Å². The van der Waals surface area contributed by atoms with Crippen LogP contribution in [0.5, 0.6) is 0 Å². The summed E-state index contributed by atoms with van der Waals surface area (Å²) in [4.78, 5) is 16.1. The molecular formula is C20H21NO2. The molecule has 2 N–H and O–H groups in total. The summed E-state index contributed by atoms with van der Waals surface area (Å²) in [7, 11) is 0. The second-order valence-corrected chi connectivity index (χ2v) is 6.84. The van der Waals surface area contributed by atoms with Gasteiger partial charge in [-0.3, -0.25) is 4.79 Å². The molecule has 1 heterocycles. The fourth-order valence-corrected chi connectivity index (χ4v) is 2.93. The third-order valence-corrected chi connectivity index (χ3v) is 4.08. The molecule has 118 valence electrons. The normalized spacial score (nSPS) is 13.2. The van der Waals surface area contributed by atoms with Gasteiger partial charge in [0.25, 0.3) is 0 Å². The van der Waals surface area contributed by atoms with E-state index in [1.807, 2.05) is 30.3 Å². The zero-order valence-electron chi connectivity index (χ0n) is 13.6. The van der Waals surface area contributed by atoms with Crippen LogP contribution in [0.15, 0.2) is 54.6 Å². The van der Waals surface area contributed by atoms with Crippen molar-refractivity contribution < 1.29 is 9.90 Å². The van der Waals surface area contributed by atoms with Crippen LogP contribution >= 0.6 is 0 Å². The molecule has 3 aromatic rings. The summed E-state index contributed by atoms with van der Waals surface area (Å²) in [5, 5.41) is 11.7. The van der Waals surface area contributed by atoms with Crippen LogP contribution < -0.4 is 0 Å². The van der Waals surface area contributed by atoms with E-state index in [-0.39, 0.29) is 11.2 Å². The van der Waals surface area contributed by atoms with Gasteiger partial charge in [0, 0.05) is 33.1 Å². The molecule has 0 saturated carbocycles. The van der Waals surface area contributed by atoms with E-state index in [0.29, 0.717) is 11.1 Å². The minimum Gasteiger partial charge on any atom is -0.380 e. The number of aliphatic hydroxyl groups is 1. The number of Topliss-reactive ketones (excluding diaryl/α,β-unsaturated/α-hetero) is 1. The predicted molar refractivity (Wildman–Crippen MR) is 92.7 cm³/mol. The Labute approximate surface area is 136 Å². The van der Waals surface area contributed by atoms with Gasteiger partial charge in [0.15, 0.2) is 5.78 Å². The Kier molecular flexibility index (Phi) is 3.82. The van der Waals surface area contributed by atoms with E-state index in [2.05, 4.69) is 25.8 Å². The van der Waals surface area contributed by atoms with Crippen LogP contribution in [0.25, 0.3) is 10.9 Å². The number of nitrogens with one attached hydrogen (secondary N) is 1. The third kappa shape index (κ3) is 2.80. The lowest BCUT2D eigenvalue weighted by molar-refractivity contribution is 0.0747. The minimum absolute atomic E-state index is 0.202. The van der Waals surface area contributed by atoms with Gasteiger partial charge in [-0.25, -0.2) is 0 Å². The first-order valence-electron chi connectivity index (χ1n) is 7.78. The van der Waals surface area contributed by atoms with Gasteiger partial charge >= 0.3 is 0 Å². The van der Waals surface area contributed by atoms with Crippen LogP contribution in [0.4, 0.5) is 0 Å². The molecule has 0 spiro atoms. The first kappa shape index (κ1) is 15.5. The Hall–Kier alpha value is -2.39. The quantitative estimate of drug-likeness (QED) is 0.705. The molecule has 0 aliphatic carbocycles. The van der Waals surface area contributed by atoms with Crippen molar-refractivity contribution in [3.05, 3.63) is 71.4 Å². The number of aromatic nitrogens is 1. The second kappa shape index (κ2) is 5.67. The Bertz CT molecular complexity index is 841. The van der Waals surface area contributed by atoms with E-state index in [1.54, 1.807) is 24.3 Å². The SMILES string of the molecule is CC(C)(C)c1[nH]c2ccccc2c1C(O)C(=O)c1ccccc1. The Morgan fingerprint density at radius 3 is 2.26 bits per heavy atom. The van der Waals surface area contributed by atoms with E-state index in [0.717, 1.165) is 16.6 Å². The van der Waals surface area contributed by atoms with Crippen LogP contribution in [-0.2, 0) is 5.41 Å². The molecule has 0 aliphatic rings. The summed E-state index contributed by atoms with van der Waals surface area (Å²) in [6.45, 7) is 6.21. The van der Waals surface area contributed by atoms with E-state index >= 15 is 0 Å². The van der Waals surface area contributed by atoms with Gasteiger partial charge in [0.05, 0.1) is 0 Å². The number of carbonyl (C=O) groups is 1. The first-order chi connectivity index (χ1) is 10.9. The van der Waals surface area contributed by atoms with E-state index in [4.69, 9.17) is 0 Å². The van der Waals surface area contributed by atoms with Crippen LogP contribution in [0, 0.1) is 0 Å². The molecule has 3 rings (SSSR count). The van der Waals surface area contributed by atoms with E-state index in [1.165, 1.54) is 0 Å². The maximum atomic E-state index is 12.7. The highest BCUT2D eigenvalue weighted by Gasteiger charge is 2.30. The lowest BCUT2D eigenvalue weighted by Gasteiger charge is -2.21. The molecule has 1 unspecified atom stereocenters. The van der Waals surface area contributed by atoms with Gasteiger partial charge in [-0.05, 0) is 6.07 Å². The number of para-hydroxylation sites is 1. The number of aliphatic hydroxyl groups excluding tert-OH is 1. The third-order valence-electron chi connectivity index (χ3n) is 4.08. The average molecular weight is 307 g/mol. The average Bonchev–Trinajstić information content (AvgIpc) is 2.94. The summed E-state index contributed by atoms with van der Waals surface area (Å²) in [6, 6.07) is 16.7. The van der Waals surface area contributed by atoms with E-state index in [9.17, 15) is 9.90 Å². The lowest BCUT2D eigenvalue weighted by atomic mass is 9.85. The van der Waals surface area contributed by atoms with Crippen LogP contribution in [0.2, 0.25) is 0 Å². The van der Waals surface area contributed by atoms with Gasteiger partial charge in [-0.2, -0.15) is 0 Å².